The number of hydrogen-bond donors (Lipinski definition) is 0. The standard InChI is InChI=1S/C10H12N4O/c1-7-6-8(13-14(7)2)10-11-5-4-9(12-10)15-3/h4-6H,1-3H3. The van der Waals surface area contributed by atoms with Crippen LogP contribution in [0.4, 0.5) is 0 Å². The Bertz CT molecular complexity index is 459. The third-order valence-electron chi connectivity index (χ3n) is 2.18. The van der Waals surface area contributed by atoms with Gasteiger partial charge in [0.1, 0.15) is 5.69 Å². The number of hydrogen-bond acceptors (Lipinski definition) is 4. The van der Waals surface area contributed by atoms with Crippen LogP contribution in [-0.4, -0.2) is 26.9 Å². The first-order chi connectivity index (χ1) is 7.20. The van der Waals surface area contributed by atoms with Crippen LogP contribution in [0.1, 0.15) is 5.69 Å². The normalized spacial score (nSPS) is 10.3. The van der Waals surface area contributed by atoms with Crippen molar-refractivity contribution in [2.45, 2.75) is 6.92 Å². The maximum absolute atomic E-state index is 5.03. The SMILES string of the molecule is COc1ccnc(-c2cc(C)n(C)n2)n1. The molecule has 2 rings (SSSR count). The summed E-state index contributed by atoms with van der Waals surface area (Å²) in [7, 11) is 3.47. The van der Waals surface area contributed by atoms with Gasteiger partial charge in [0.05, 0.1) is 7.11 Å². The summed E-state index contributed by atoms with van der Waals surface area (Å²) in [5, 5.41) is 4.29. The van der Waals surface area contributed by atoms with E-state index in [1.54, 1.807) is 24.1 Å². The molecule has 0 N–H and O–H groups in total. The van der Waals surface area contributed by atoms with Crippen molar-refractivity contribution in [2.75, 3.05) is 7.11 Å². The van der Waals surface area contributed by atoms with Crippen molar-refractivity contribution in [3.05, 3.63) is 24.0 Å². The van der Waals surface area contributed by atoms with E-state index in [1.807, 2.05) is 20.0 Å². The van der Waals surface area contributed by atoms with Gasteiger partial charge in [0.25, 0.3) is 0 Å². The number of ether oxygens (including phenoxy) is 1. The minimum absolute atomic E-state index is 0.545. The molecule has 0 unspecified atom stereocenters. The predicted molar refractivity (Wildman–Crippen MR) is 55.5 cm³/mol. The summed E-state index contributed by atoms with van der Waals surface area (Å²) < 4.78 is 6.82. The van der Waals surface area contributed by atoms with Gasteiger partial charge in [-0.15, -0.1) is 0 Å². The Labute approximate surface area is 87.7 Å². The van der Waals surface area contributed by atoms with Crippen LogP contribution in [-0.2, 0) is 7.05 Å². The van der Waals surface area contributed by atoms with Gasteiger partial charge in [0, 0.05) is 25.0 Å². The van der Waals surface area contributed by atoms with Gasteiger partial charge < -0.3 is 4.74 Å². The molecule has 0 aliphatic carbocycles. The van der Waals surface area contributed by atoms with E-state index in [0.29, 0.717) is 11.7 Å². The highest BCUT2D eigenvalue weighted by molar-refractivity contribution is 5.49. The maximum atomic E-state index is 5.03. The second-order valence-electron chi connectivity index (χ2n) is 3.22. The second kappa shape index (κ2) is 3.68. The molecule has 0 saturated carbocycles. The summed E-state index contributed by atoms with van der Waals surface area (Å²) in [6.07, 6.45) is 1.66. The zero-order valence-electron chi connectivity index (χ0n) is 8.93. The molecule has 78 valence electrons. The van der Waals surface area contributed by atoms with E-state index in [2.05, 4.69) is 15.1 Å². The molecule has 2 heterocycles. The highest BCUT2D eigenvalue weighted by Crippen LogP contribution is 2.16. The van der Waals surface area contributed by atoms with Gasteiger partial charge in [-0.2, -0.15) is 10.1 Å². The molecule has 0 spiro atoms. The van der Waals surface area contributed by atoms with Crippen LogP contribution in [0.3, 0.4) is 0 Å². The molecule has 0 bridgehead atoms. The van der Waals surface area contributed by atoms with Crippen molar-refractivity contribution in [1.29, 1.82) is 0 Å². The highest BCUT2D eigenvalue weighted by atomic mass is 16.5. The molecule has 2 aromatic heterocycles. The zero-order chi connectivity index (χ0) is 10.8. The lowest BCUT2D eigenvalue weighted by Crippen LogP contribution is -1.95. The van der Waals surface area contributed by atoms with E-state index in [0.717, 1.165) is 11.4 Å². The lowest BCUT2D eigenvalue weighted by Gasteiger charge is -1.98. The van der Waals surface area contributed by atoms with E-state index < -0.39 is 0 Å². The first-order valence-corrected chi connectivity index (χ1v) is 4.59. The summed E-state index contributed by atoms with van der Waals surface area (Å²) in [5.74, 6) is 1.13. The molecule has 0 aliphatic rings. The van der Waals surface area contributed by atoms with Crippen LogP contribution < -0.4 is 4.74 Å². The average Bonchev–Trinajstić information content (AvgIpc) is 2.59. The van der Waals surface area contributed by atoms with E-state index in [4.69, 9.17) is 4.74 Å². The molecule has 5 nitrogen and oxygen atoms in total. The molecule has 15 heavy (non-hydrogen) atoms. The van der Waals surface area contributed by atoms with Crippen molar-refractivity contribution in [3.8, 4) is 17.4 Å². The quantitative estimate of drug-likeness (QED) is 0.737. The molecular weight excluding hydrogens is 192 g/mol. The van der Waals surface area contributed by atoms with Crippen molar-refractivity contribution < 1.29 is 4.74 Å². The Hall–Kier alpha value is -1.91. The molecular formula is C10H12N4O. The van der Waals surface area contributed by atoms with Gasteiger partial charge in [0.2, 0.25) is 5.88 Å². The summed E-state index contributed by atoms with van der Waals surface area (Å²) in [6, 6.07) is 3.65. The summed E-state index contributed by atoms with van der Waals surface area (Å²) >= 11 is 0. The summed E-state index contributed by atoms with van der Waals surface area (Å²) in [5.41, 5.74) is 1.82. The van der Waals surface area contributed by atoms with E-state index in [9.17, 15) is 0 Å². The van der Waals surface area contributed by atoms with E-state index in [1.165, 1.54) is 0 Å². The molecule has 0 aliphatic heterocycles. The third kappa shape index (κ3) is 1.81. The molecule has 0 atom stereocenters. The topological polar surface area (TPSA) is 52.8 Å². The fourth-order valence-corrected chi connectivity index (χ4v) is 1.25. The fourth-order valence-electron chi connectivity index (χ4n) is 1.25. The Morgan fingerprint density at radius 1 is 1.40 bits per heavy atom. The predicted octanol–water partition coefficient (Wildman–Crippen LogP) is 1.19. The van der Waals surface area contributed by atoms with Gasteiger partial charge in [-0.25, -0.2) is 4.98 Å². The van der Waals surface area contributed by atoms with Crippen LogP contribution in [0.25, 0.3) is 11.5 Å². The molecule has 0 amide bonds. The first kappa shape index (κ1) is 9.64. The van der Waals surface area contributed by atoms with Gasteiger partial charge in [-0.3, -0.25) is 4.68 Å². The lowest BCUT2D eigenvalue weighted by atomic mass is 10.3. The molecule has 0 fully saturated rings. The summed E-state index contributed by atoms with van der Waals surface area (Å²) in [4.78, 5) is 8.35. The zero-order valence-corrected chi connectivity index (χ0v) is 8.93. The molecule has 2 aromatic rings. The van der Waals surface area contributed by atoms with Crippen molar-refractivity contribution in [1.82, 2.24) is 19.7 Å². The highest BCUT2D eigenvalue weighted by Gasteiger charge is 2.07. The Morgan fingerprint density at radius 3 is 2.80 bits per heavy atom. The van der Waals surface area contributed by atoms with Gasteiger partial charge in [-0.1, -0.05) is 0 Å². The van der Waals surface area contributed by atoms with Crippen LogP contribution in [0.15, 0.2) is 18.3 Å². The number of aryl methyl sites for hydroxylation is 2. The van der Waals surface area contributed by atoms with Crippen LogP contribution >= 0.6 is 0 Å². The maximum Gasteiger partial charge on any atom is 0.216 e. The largest absolute Gasteiger partial charge is 0.481 e. The van der Waals surface area contributed by atoms with Gasteiger partial charge >= 0.3 is 0 Å². The smallest absolute Gasteiger partial charge is 0.216 e. The number of nitrogens with zero attached hydrogens (tertiary/aromatic N) is 4. The Kier molecular flexibility index (Phi) is 2.37. The minimum Gasteiger partial charge on any atom is -0.481 e. The number of rotatable bonds is 2. The van der Waals surface area contributed by atoms with E-state index in [-0.39, 0.29) is 0 Å². The summed E-state index contributed by atoms with van der Waals surface area (Å²) in [6.45, 7) is 1.98. The van der Waals surface area contributed by atoms with Gasteiger partial charge in [-0.05, 0) is 13.0 Å². The van der Waals surface area contributed by atoms with E-state index >= 15 is 0 Å². The first-order valence-electron chi connectivity index (χ1n) is 4.59. The van der Waals surface area contributed by atoms with Gasteiger partial charge in [0.15, 0.2) is 5.82 Å². The van der Waals surface area contributed by atoms with Crippen molar-refractivity contribution >= 4 is 0 Å². The minimum atomic E-state index is 0.545. The molecule has 0 radical (unpaired) electrons. The number of aromatic nitrogens is 4. The molecule has 0 aromatic carbocycles. The lowest BCUT2D eigenvalue weighted by molar-refractivity contribution is 0.397. The fraction of sp³-hybridized carbons (Fsp3) is 0.300. The van der Waals surface area contributed by atoms with Crippen LogP contribution in [0, 0.1) is 6.92 Å². The molecule has 5 heteroatoms. The third-order valence-corrected chi connectivity index (χ3v) is 2.18. The Morgan fingerprint density at radius 2 is 2.20 bits per heavy atom. The van der Waals surface area contributed by atoms with Crippen molar-refractivity contribution in [3.63, 3.8) is 0 Å². The Balaban J connectivity index is 2.44. The average molecular weight is 204 g/mol. The second-order valence-corrected chi connectivity index (χ2v) is 3.22. The van der Waals surface area contributed by atoms with Crippen LogP contribution in [0.2, 0.25) is 0 Å². The monoisotopic (exact) mass is 204 g/mol. The van der Waals surface area contributed by atoms with Crippen molar-refractivity contribution in [2.24, 2.45) is 7.05 Å². The molecule has 0 saturated heterocycles. The van der Waals surface area contributed by atoms with Crippen LogP contribution in [0.5, 0.6) is 5.88 Å². The number of methoxy groups -OCH3 is 1.